The van der Waals surface area contributed by atoms with Gasteiger partial charge < -0.3 is 10.1 Å². The van der Waals surface area contributed by atoms with Gasteiger partial charge >= 0.3 is 0 Å². The van der Waals surface area contributed by atoms with E-state index in [1.165, 1.54) is 23.3 Å². The topological polar surface area (TPSA) is 67.6 Å². The van der Waals surface area contributed by atoms with Crippen molar-refractivity contribution < 1.29 is 9.66 Å². The molecule has 3 rings (SSSR count). The van der Waals surface area contributed by atoms with E-state index >= 15 is 0 Å². The lowest BCUT2D eigenvalue weighted by Gasteiger charge is -2.27. The van der Waals surface area contributed by atoms with Crippen LogP contribution in [0.5, 0.6) is 5.75 Å². The van der Waals surface area contributed by atoms with E-state index in [1.807, 2.05) is 0 Å². The average Bonchev–Trinajstić information content (AvgIpc) is 2.64. The molecular formula is C19H23N3O3. The zero-order chi connectivity index (χ0) is 17.5. The molecule has 1 heterocycles. The van der Waals surface area contributed by atoms with Gasteiger partial charge in [-0.3, -0.25) is 15.0 Å². The Morgan fingerprint density at radius 3 is 2.28 bits per heavy atom. The molecule has 1 fully saturated rings. The van der Waals surface area contributed by atoms with Crippen molar-refractivity contribution in [2.45, 2.75) is 13.0 Å². The molecule has 25 heavy (non-hydrogen) atoms. The molecule has 0 aliphatic carbocycles. The van der Waals surface area contributed by atoms with Gasteiger partial charge in [0.25, 0.3) is 5.69 Å². The van der Waals surface area contributed by atoms with Gasteiger partial charge in [-0.2, -0.15) is 0 Å². The summed E-state index contributed by atoms with van der Waals surface area (Å²) in [6, 6.07) is 14.9. The van der Waals surface area contributed by atoms with Crippen LogP contribution >= 0.6 is 0 Å². The zero-order valence-corrected chi connectivity index (χ0v) is 14.2. The van der Waals surface area contributed by atoms with Gasteiger partial charge in [-0.1, -0.05) is 24.3 Å². The first-order chi connectivity index (χ1) is 12.2. The van der Waals surface area contributed by atoms with Crippen LogP contribution < -0.4 is 10.1 Å². The predicted molar refractivity (Wildman–Crippen MR) is 96.9 cm³/mol. The Morgan fingerprint density at radius 1 is 1.00 bits per heavy atom. The molecule has 0 unspecified atom stereocenters. The van der Waals surface area contributed by atoms with Crippen LogP contribution in [0, 0.1) is 10.1 Å². The van der Waals surface area contributed by atoms with Crippen molar-refractivity contribution in [2.75, 3.05) is 32.8 Å². The molecule has 132 valence electrons. The third-order valence-electron chi connectivity index (χ3n) is 4.35. The van der Waals surface area contributed by atoms with Crippen molar-refractivity contribution in [3.63, 3.8) is 0 Å². The molecule has 6 nitrogen and oxygen atoms in total. The second-order valence-corrected chi connectivity index (χ2v) is 6.19. The molecule has 0 bridgehead atoms. The van der Waals surface area contributed by atoms with Gasteiger partial charge in [-0.15, -0.1) is 0 Å². The van der Waals surface area contributed by atoms with Crippen LogP contribution in [-0.2, 0) is 13.0 Å². The van der Waals surface area contributed by atoms with Crippen LogP contribution in [0.2, 0.25) is 0 Å². The Balaban J connectivity index is 1.44. The van der Waals surface area contributed by atoms with E-state index in [0.29, 0.717) is 12.4 Å². The lowest BCUT2D eigenvalue weighted by Crippen LogP contribution is -2.42. The fraction of sp³-hybridized carbons (Fsp3) is 0.368. The molecule has 1 N–H and O–H groups in total. The first-order valence-corrected chi connectivity index (χ1v) is 8.59. The van der Waals surface area contributed by atoms with Crippen LogP contribution in [0.25, 0.3) is 0 Å². The van der Waals surface area contributed by atoms with Crippen molar-refractivity contribution in [1.29, 1.82) is 0 Å². The van der Waals surface area contributed by atoms with Gasteiger partial charge in [0, 0.05) is 51.3 Å². The number of non-ortho nitro benzene ring substituents is 1. The number of nitro benzene ring substituents is 1. The Morgan fingerprint density at radius 2 is 1.64 bits per heavy atom. The van der Waals surface area contributed by atoms with Gasteiger partial charge in [0.1, 0.15) is 5.75 Å². The Hall–Kier alpha value is -2.44. The molecule has 1 aliphatic rings. The van der Waals surface area contributed by atoms with Crippen LogP contribution in [0.15, 0.2) is 48.5 Å². The predicted octanol–water partition coefficient (Wildman–Crippen LogP) is 2.62. The van der Waals surface area contributed by atoms with E-state index in [0.717, 1.165) is 39.1 Å². The average molecular weight is 341 g/mol. The number of piperazine rings is 1. The van der Waals surface area contributed by atoms with E-state index in [4.69, 9.17) is 4.74 Å². The number of ether oxygens (including phenoxy) is 1. The van der Waals surface area contributed by atoms with Crippen LogP contribution in [0.3, 0.4) is 0 Å². The molecule has 1 saturated heterocycles. The number of hydrogen-bond donors (Lipinski definition) is 1. The summed E-state index contributed by atoms with van der Waals surface area (Å²) in [5.74, 6) is 0.654. The number of benzene rings is 2. The second kappa shape index (κ2) is 8.60. The number of nitrogens with zero attached hydrogens (tertiary/aromatic N) is 2. The summed E-state index contributed by atoms with van der Waals surface area (Å²) < 4.78 is 5.66. The molecule has 0 atom stereocenters. The van der Waals surface area contributed by atoms with E-state index in [2.05, 4.69) is 34.5 Å². The highest BCUT2D eigenvalue weighted by molar-refractivity contribution is 5.36. The molecule has 0 saturated carbocycles. The normalized spacial score (nSPS) is 15.0. The fourth-order valence-corrected chi connectivity index (χ4v) is 2.89. The van der Waals surface area contributed by atoms with Crippen molar-refractivity contribution >= 4 is 5.69 Å². The van der Waals surface area contributed by atoms with Crippen molar-refractivity contribution in [3.8, 4) is 5.75 Å². The second-order valence-electron chi connectivity index (χ2n) is 6.19. The number of rotatable bonds is 7. The SMILES string of the molecule is O=[N+]([O-])c1ccc(OCCc2ccc(CN3CCNCC3)cc2)cc1. The van der Waals surface area contributed by atoms with E-state index in [-0.39, 0.29) is 5.69 Å². The van der Waals surface area contributed by atoms with Gasteiger partial charge in [0.15, 0.2) is 0 Å². The molecule has 0 aromatic heterocycles. The van der Waals surface area contributed by atoms with Crippen molar-refractivity contribution in [2.24, 2.45) is 0 Å². The first-order valence-electron chi connectivity index (χ1n) is 8.59. The van der Waals surface area contributed by atoms with Crippen molar-refractivity contribution in [1.82, 2.24) is 10.2 Å². The third kappa shape index (κ3) is 5.27. The summed E-state index contributed by atoms with van der Waals surface area (Å²) in [5.41, 5.74) is 2.64. The highest BCUT2D eigenvalue weighted by Crippen LogP contribution is 2.17. The molecule has 0 radical (unpaired) electrons. The van der Waals surface area contributed by atoms with Crippen molar-refractivity contribution in [3.05, 3.63) is 69.8 Å². The minimum Gasteiger partial charge on any atom is -0.493 e. The van der Waals surface area contributed by atoms with E-state index in [1.54, 1.807) is 12.1 Å². The summed E-state index contributed by atoms with van der Waals surface area (Å²) in [6.07, 6.45) is 0.810. The maximum Gasteiger partial charge on any atom is 0.269 e. The van der Waals surface area contributed by atoms with Gasteiger partial charge in [-0.25, -0.2) is 0 Å². The molecule has 2 aromatic rings. The van der Waals surface area contributed by atoms with E-state index in [9.17, 15) is 10.1 Å². The molecule has 2 aromatic carbocycles. The van der Waals surface area contributed by atoms with Gasteiger partial charge in [0.05, 0.1) is 11.5 Å². The minimum absolute atomic E-state index is 0.0763. The monoisotopic (exact) mass is 341 g/mol. The smallest absolute Gasteiger partial charge is 0.269 e. The van der Waals surface area contributed by atoms with Gasteiger partial charge in [-0.05, 0) is 23.3 Å². The van der Waals surface area contributed by atoms with Crippen LogP contribution in [-0.4, -0.2) is 42.6 Å². The largest absolute Gasteiger partial charge is 0.493 e. The summed E-state index contributed by atoms with van der Waals surface area (Å²) >= 11 is 0. The number of hydrogen-bond acceptors (Lipinski definition) is 5. The highest BCUT2D eigenvalue weighted by atomic mass is 16.6. The maximum absolute atomic E-state index is 10.6. The summed E-state index contributed by atoms with van der Waals surface area (Å²) in [6.45, 7) is 5.89. The molecule has 0 spiro atoms. The number of nitrogens with one attached hydrogen (secondary N) is 1. The molecule has 1 aliphatic heterocycles. The zero-order valence-electron chi connectivity index (χ0n) is 14.2. The fourth-order valence-electron chi connectivity index (χ4n) is 2.89. The quantitative estimate of drug-likeness (QED) is 0.619. The molecule has 6 heteroatoms. The molecule has 0 amide bonds. The maximum atomic E-state index is 10.6. The Bertz CT molecular complexity index is 680. The van der Waals surface area contributed by atoms with Gasteiger partial charge in [0.2, 0.25) is 0 Å². The minimum atomic E-state index is -0.411. The Kier molecular flexibility index (Phi) is 5.98. The first kappa shape index (κ1) is 17.4. The van der Waals surface area contributed by atoms with Crippen LogP contribution in [0.1, 0.15) is 11.1 Å². The summed E-state index contributed by atoms with van der Waals surface area (Å²) in [5, 5.41) is 14.0. The third-order valence-corrected chi connectivity index (χ3v) is 4.35. The summed E-state index contributed by atoms with van der Waals surface area (Å²) in [4.78, 5) is 12.7. The standard InChI is InChI=1S/C19H23N3O3/c23-22(24)18-5-7-19(8-6-18)25-14-9-16-1-3-17(4-2-16)15-21-12-10-20-11-13-21/h1-8,20H,9-15H2. The Labute approximate surface area is 147 Å². The lowest BCUT2D eigenvalue weighted by atomic mass is 10.1. The highest BCUT2D eigenvalue weighted by Gasteiger charge is 2.09. The van der Waals surface area contributed by atoms with Crippen LogP contribution in [0.4, 0.5) is 5.69 Å². The molecular weight excluding hydrogens is 318 g/mol. The summed E-state index contributed by atoms with van der Waals surface area (Å²) in [7, 11) is 0. The lowest BCUT2D eigenvalue weighted by molar-refractivity contribution is -0.384. The number of nitro groups is 1. The van der Waals surface area contributed by atoms with E-state index < -0.39 is 4.92 Å².